The van der Waals surface area contributed by atoms with E-state index in [0.717, 1.165) is 55.6 Å². The Balaban J connectivity index is 1.55. The van der Waals surface area contributed by atoms with Gasteiger partial charge in [-0.15, -0.1) is 11.8 Å². The highest BCUT2D eigenvalue weighted by atomic mass is 35.5. The number of esters is 1. The van der Waals surface area contributed by atoms with E-state index >= 15 is 0 Å². The first kappa shape index (κ1) is 21.1. The maximum atomic E-state index is 14.5. The number of nitrogens with zero attached hydrogens (tertiary/aromatic N) is 3. The van der Waals surface area contributed by atoms with E-state index in [1.54, 1.807) is 6.07 Å². The van der Waals surface area contributed by atoms with Gasteiger partial charge in [0, 0.05) is 18.0 Å². The fourth-order valence-corrected chi connectivity index (χ4v) is 5.95. The van der Waals surface area contributed by atoms with Crippen molar-refractivity contribution in [2.75, 3.05) is 5.75 Å². The van der Waals surface area contributed by atoms with Crippen molar-refractivity contribution in [3.8, 4) is 0 Å². The Hall–Kier alpha value is -1.16. The molecular formula is C19H21ClFN3O2S3. The van der Waals surface area contributed by atoms with Crippen molar-refractivity contribution in [2.24, 2.45) is 4.99 Å². The molecule has 1 saturated carbocycles. The van der Waals surface area contributed by atoms with Gasteiger partial charge in [0.2, 0.25) is 4.80 Å². The highest BCUT2D eigenvalue weighted by Gasteiger charge is 2.20. The minimum absolute atomic E-state index is 0.0319. The van der Waals surface area contributed by atoms with Gasteiger partial charge in [-0.25, -0.2) is 9.38 Å². The molecule has 0 spiro atoms. The molecule has 2 heterocycles. The second kappa shape index (κ2) is 9.32. The molecule has 0 unspecified atom stereocenters. The zero-order valence-corrected chi connectivity index (χ0v) is 18.9. The summed E-state index contributed by atoms with van der Waals surface area (Å²) in [5.41, 5.74) is 0.193. The number of benzene rings is 1. The zero-order valence-electron chi connectivity index (χ0n) is 15.7. The van der Waals surface area contributed by atoms with Crippen LogP contribution < -0.4 is 4.80 Å². The average molecular weight is 474 g/mol. The van der Waals surface area contributed by atoms with Crippen molar-refractivity contribution in [2.45, 2.75) is 62.6 Å². The predicted molar refractivity (Wildman–Crippen MR) is 116 cm³/mol. The van der Waals surface area contributed by atoms with E-state index in [1.807, 2.05) is 9.36 Å². The van der Waals surface area contributed by atoms with Crippen LogP contribution in [0.4, 0.5) is 10.1 Å². The third-order valence-electron chi connectivity index (χ3n) is 5.05. The lowest BCUT2D eigenvalue weighted by atomic mass is 10.3. The fourth-order valence-electron chi connectivity index (χ4n) is 3.60. The Kier molecular flexibility index (Phi) is 6.78. The van der Waals surface area contributed by atoms with Crippen molar-refractivity contribution in [1.29, 1.82) is 0 Å². The summed E-state index contributed by atoms with van der Waals surface area (Å²) in [6.45, 7) is 1.67. The first-order valence-corrected chi connectivity index (χ1v) is 12.3. The van der Waals surface area contributed by atoms with Gasteiger partial charge in [0.05, 0.1) is 10.8 Å². The summed E-state index contributed by atoms with van der Waals surface area (Å²) in [6, 6.07) is 2.84. The highest BCUT2D eigenvalue weighted by molar-refractivity contribution is 8.00. The minimum Gasteiger partial charge on any atom is -0.462 e. The first-order valence-electron chi connectivity index (χ1n) is 9.68. The van der Waals surface area contributed by atoms with Crippen molar-refractivity contribution < 1.29 is 13.9 Å². The molecule has 0 bridgehead atoms. The minimum atomic E-state index is -0.498. The Bertz CT molecular complexity index is 1040. The van der Waals surface area contributed by atoms with Crippen LogP contribution in [0.3, 0.4) is 0 Å². The van der Waals surface area contributed by atoms with Crippen molar-refractivity contribution in [3.05, 3.63) is 31.7 Å². The monoisotopic (exact) mass is 473 g/mol. The normalized spacial score (nSPS) is 17.5. The van der Waals surface area contributed by atoms with E-state index in [4.69, 9.17) is 28.6 Å². The number of ether oxygens (including phenoxy) is 1. The van der Waals surface area contributed by atoms with Crippen LogP contribution in [0.1, 0.15) is 38.5 Å². The van der Waals surface area contributed by atoms with E-state index in [9.17, 15) is 9.18 Å². The number of rotatable bonds is 5. The molecule has 4 rings (SSSR count). The molecule has 5 nitrogen and oxygen atoms in total. The Morgan fingerprint density at radius 2 is 2.00 bits per heavy atom. The van der Waals surface area contributed by atoms with Crippen molar-refractivity contribution in [3.63, 3.8) is 0 Å². The lowest BCUT2D eigenvalue weighted by molar-refractivity contribution is -0.145. The topological polar surface area (TPSA) is 48.5 Å². The molecule has 2 aliphatic rings. The van der Waals surface area contributed by atoms with Gasteiger partial charge in [-0.3, -0.25) is 14.2 Å². The van der Waals surface area contributed by atoms with Crippen LogP contribution in [-0.2, 0) is 22.6 Å². The molecule has 1 aromatic carbocycles. The molecule has 0 amide bonds. The van der Waals surface area contributed by atoms with E-state index in [2.05, 4.69) is 4.99 Å². The molecule has 0 N–H and O–H groups in total. The lowest BCUT2D eigenvalue weighted by Gasteiger charge is -2.16. The number of hydrogen-bond donors (Lipinski definition) is 0. The van der Waals surface area contributed by atoms with E-state index in [1.165, 1.54) is 29.2 Å². The third-order valence-corrected chi connectivity index (χ3v) is 7.84. The van der Waals surface area contributed by atoms with Crippen LogP contribution in [0, 0.1) is 9.77 Å². The number of carbonyl (C=O) groups excluding carboxylic acids is 1. The van der Waals surface area contributed by atoms with Gasteiger partial charge in [-0.1, -0.05) is 22.9 Å². The molecule has 0 atom stereocenters. The van der Waals surface area contributed by atoms with E-state index in [-0.39, 0.29) is 28.5 Å². The number of fused-ring (bicyclic) bond motifs is 1. The second-order valence-corrected chi connectivity index (χ2v) is 10.2. The summed E-state index contributed by atoms with van der Waals surface area (Å²) < 4.78 is 24.7. The van der Waals surface area contributed by atoms with Gasteiger partial charge < -0.3 is 4.74 Å². The highest BCUT2D eigenvalue weighted by Crippen LogP contribution is 2.33. The zero-order chi connectivity index (χ0) is 20.4. The summed E-state index contributed by atoms with van der Waals surface area (Å²) in [5.74, 6) is -0.630. The van der Waals surface area contributed by atoms with Crippen molar-refractivity contribution >= 4 is 58.6 Å². The van der Waals surface area contributed by atoms with Crippen LogP contribution in [-0.4, -0.2) is 27.2 Å². The van der Waals surface area contributed by atoms with Crippen LogP contribution >= 0.6 is 46.9 Å². The van der Waals surface area contributed by atoms with E-state index in [0.29, 0.717) is 9.70 Å². The third kappa shape index (κ3) is 4.95. The number of carbonyl (C=O) groups is 1. The SMILES string of the molecule is O=C(CSc1cc(N=c2sc(=S)n3n2CCCC3)c(F)cc1Cl)OC1CCCC1. The maximum absolute atomic E-state index is 14.5. The average Bonchev–Trinajstić information content (AvgIpc) is 3.31. The molecule has 10 heteroatoms. The summed E-state index contributed by atoms with van der Waals surface area (Å²) in [4.78, 5) is 17.9. The van der Waals surface area contributed by atoms with Gasteiger partial charge >= 0.3 is 5.97 Å². The molecule has 1 aromatic heterocycles. The number of aromatic nitrogens is 2. The van der Waals surface area contributed by atoms with Crippen LogP contribution in [0.15, 0.2) is 22.0 Å². The lowest BCUT2D eigenvalue weighted by Crippen LogP contribution is -2.27. The fraction of sp³-hybridized carbons (Fsp3) is 0.526. The first-order chi connectivity index (χ1) is 14.0. The maximum Gasteiger partial charge on any atom is 0.316 e. The second-order valence-electron chi connectivity index (χ2n) is 7.13. The summed E-state index contributed by atoms with van der Waals surface area (Å²) in [5, 5.41) is 0.263. The van der Waals surface area contributed by atoms with Gasteiger partial charge in [0.25, 0.3) is 0 Å². The Morgan fingerprint density at radius 3 is 2.76 bits per heavy atom. The van der Waals surface area contributed by atoms with Crippen LogP contribution in [0.2, 0.25) is 5.02 Å². The van der Waals surface area contributed by atoms with Gasteiger partial charge in [0.15, 0.2) is 3.95 Å². The molecule has 1 aliphatic carbocycles. The molecule has 0 radical (unpaired) electrons. The van der Waals surface area contributed by atoms with E-state index < -0.39 is 5.82 Å². The van der Waals surface area contributed by atoms with Gasteiger partial charge in [-0.2, -0.15) is 0 Å². The van der Waals surface area contributed by atoms with Crippen LogP contribution in [0.25, 0.3) is 0 Å². The number of thioether (sulfide) groups is 1. The number of halogens is 2. The standard InChI is InChI=1S/C19H21ClFN3O2S3/c20-13-9-14(21)15(22-18-23-7-3-4-8-24(23)19(27)29-18)10-16(13)28-11-17(25)26-12-5-1-2-6-12/h9-10,12H,1-8,11H2. The molecule has 0 saturated heterocycles. The van der Waals surface area contributed by atoms with Crippen LogP contribution in [0.5, 0.6) is 0 Å². The molecule has 156 valence electrons. The smallest absolute Gasteiger partial charge is 0.316 e. The molecule has 2 aromatic rings. The summed E-state index contributed by atoms with van der Waals surface area (Å²) in [6.07, 6.45) is 6.24. The molecular weight excluding hydrogens is 453 g/mol. The predicted octanol–water partition coefficient (Wildman–Crippen LogP) is 5.48. The van der Waals surface area contributed by atoms with Crippen molar-refractivity contribution in [1.82, 2.24) is 9.36 Å². The summed E-state index contributed by atoms with van der Waals surface area (Å²) >= 11 is 14.2. The Morgan fingerprint density at radius 1 is 1.28 bits per heavy atom. The molecule has 29 heavy (non-hydrogen) atoms. The van der Waals surface area contributed by atoms with Gasteiger partial charge in [-0.05, 0) is 62.9 Å². The Labute approximate surface area is 186 Å². The van der Waals surface area contributed by atoms with Gasteiger partial charge in [0.1, 0.15) is 17.6 Å². The quantitative estimate of drug-likeness (QED) is 0.328. The molecule has 1 aliphatic heterocycles. The summed E-state index contributed by atoms with van der Waals surface area (Å²) in [7, 11) is 0. The largest absolute Gasteiger partial charge is 0.462 e. The molecule has 1 fully saturated rings. The number of hydrogen-bond acceptors (Lipinski definition) is 6.